The SMILES string of the molecule is CCc1ccc(-c2ccc(NC)c(CN)c2)cc1. The molecule has 18 heavy (non-hydrogen) atoms. The van der Waals surface area contributed by atoms with Gasteiger partial charge in [-0.05, 0) is 40.8 Å². The molecular formula is C16H20N2. The lowest BCUT2D eigenvalue weighted by Gasteiger charge is -2.10. The predicted molar refractivity (Wildman–Crippen MR) is 78.7 cm³/mol. The van der Waals surface area contributed by atoms with Crippen molar-refractivity contribution in [1.82, 2.24) is 0 Å². The Hall–Kier alpha value is -1.80. The monoisotopic (exact) mass is 240 g/mol. The van der Waals surface area contributed by atoms with Crippen LogP contribution in [0.2, 0.25) is 0 Å². The van der Waals surface area contributed by atoms with Crippen molar-refractivity contribution in [3.05, 3.63) is 53.6 Å². The van der Waals surface area contributed by atoms with Crippen molar-refractivity contribution in [2.75, 3.05) is 12.4 Å². The zero-order valence-corrected chi connectivity index (χ0v) is 11.0. The largest absolute Gasteiger partial charge is 0.388 e. The normalized spacial score (nSPS) is 10.4. The molecular weight excluding hydrogens is 220 g/mol. The molecule has 0 aliphatic heterocycles. The Labute approximate surface area is 109 Å². The maximum atomic E-state index is 5.78. The first kappa shape index (κ1) is 12.7. The third kappa shape index (κ3) is 2.54. The van der Waals surface area contributed by atoms with E-state index in [4.69, 9.17) is 5.73 Å². The highest BCUT2D eigenvalue weighted by molar-refractivity contribution is 5.68. The molecule has 0 saturated heterocycles. The Morgan fingerprint density at radius 3 is 2.22 bits per heavy atom. The van der Waals surface area contributed by atoms with Crippen LogP contribution in [0, 0.1) is 0 Å². The lowest BCUT2D eigenvalue weighted by atomic mass is 10.00. The van der Waals surface area contributed by atoms with Gasteiger partial charge < -0.3 is 11.1 Å². The van der Waals surface area contributed by atoms with E-state index in [1.54, 1.807) is 0 Å². The zero-order valence-electron chi connectivity index (χ0n) is 11.0. The Kier molecular flexibility index (Phi) is 4.00. The molecule has 2 aromatic carbocycles. The molecule has 2 rings (SSSR count). The molecule has 2 nitrogen and oxygen atoms in total. The van der Waals surface area contributed by atoms with Gasteiger partial charge in [0.15, 0.2) is 0 Å². The van der Waals surface area contributed by atoms with Crippen LogP contribution in [0.3, 0.4) is 0 Å². The number of aryl methyl sites for hydroxylation is 1. The number of anilines is 1. The molecule has 0 amide bonds. The topological polar surface area (TPSA) is 38.0 Å². The summed E-state index contributed by atoms with van der Waals surface area (Å²) in [4.78, 5) is 0. The minimum Gasteiger partial charge on any atom is -0.388 e. The van der Waals surface area contributed by atoms with Crippen LogP contribution in [0.4, 0.5) is 5.69 Å². The molecule has 3 N–H and O–H groups in total. The van der Waals surface area contributed by atoms with Crippen LogP contribution in [-0.2, 0) is 13.0 Å². The standard InChI is InChI=1S/C16H20N2/c1-3-12-4-6-13(7-5-12)14-8-9-16(18-2)15(10-14)11-17/h4-10,18H,3,11,17H2,1-2H3. The summed E-state index contributed by atoms with van der Waals surface area (Å²) in [6.07, 6.45) is 1.08. The smallest absolute Gasteiger partial charge is 0.0383 e. The fourth-order valence-corrected chi connectivity index (χ4v) is 2.12. The van der Waals surface area contributed by atoms with Crippen molar-refractivity contribution in [3.63, 3.8) is 0 Å². The third-order valence-electron chi connectivity index (χ3n) is 3.29. The molecule has 0 bridgehead atoms. The summed E-state index contributed by atoms with van der Waals surface area (Å²) in [5.41, 5.74) is 11.9. The van der Waals surface area contributed by atoms with Gasteiger partial charge in [-0.1, -0.05) is 37.3 Å². The molecule has 0 radical (unpaired) electrons. The van der Waals surface area contributed by atoms with Crippen LogP contribution in [0.1, 0.15) is 18.1 Å². The molecule has 0 aromatic heterocycles. The predicted octanol–water partition coefficient (Wildman–Crippen LogP) is 3.42. The molecule has 0 heterocycles. The highest BCUT2D eigenvalue weighted by Gasteiger charge is 2.03. The molecule has 0 saturated carbocycles. The summed E-state index contributed by atoms with van der Waals surface area (Å²) >= 11 is 0. The second-order valence-corrected chi connectivity index (χ2v) is 4.38. The molecule has 0 fully saturated rings. The number of nitrogens with two attached hydrogens (primary N) is 1. The van der Waals surface area contributed by atoms with E-state index >= 15 is 0 Å². The van der Waals surface area contributed by atoms with Crippen LogP contribution in [0.15, 0.2) is 42.5 Å². The number of hydrogen-bond acceptors (Lipinski definition) is 2. The zero-order chi connectivity index (χ0) is 13.0. The number of nitrogens with one attached hydrogen (secondary N) is 1. The summed E-state index contributed by atoms with van der Waals surface area (Å²) in [6.45, 7) is 2.72. The quantitative estimate of drug-likeness (QED) is 0.859. The lowest BCUT2D eigenvalue weighted by Crippen LogP contribution is -2.02. The Morgan fingerprint density at radius 1 is 1.00 bits per heavy atom. The molecule has 0 aliphatic carbocycles. The molecule has 0 spiro atoms. The van der Waals surface area contributed by atoms with Gasteiger partial charge in [-0.25, -0.2) is 0 Å². The molecule has 2 aromatic rings. The Balaban J connectivity index is 2.37. The van der Waals surface area contributed by atoms with E-state index in [1.165, 1.54) is 16.7 Å². The lowest BCUT2D eigenvalue weighted by molar-refractivity contribution is 1.07. The van der Waals surface area contributed by atoms with Crippen molar-refractivity contribution in [3.8, 4) is 11.1 Å². The van der Waals surface area contributed by atoms with E-state index < -0.39 is 0 Å². The molecule has 2 heteroatoms. The minimum atomic E-state index is 0.553. The average Bonchev–Trinajstić information content (AvgIpc) is 2.46. The first-order chi connectivity index (χ1) is 8.78. The molecule has 0 unspecified atom stereocenters. The van der Waals surface area contributed by atoms with E-state index in [0.717, 1.165) is 17.7 Å². The van der Waals surface area contributed by atoms with E-state index in [0.29, 0.717) is 6.54 Å². The van der Waals surface area contributed by atoms with Gasteiger partial charge in [0, 0.05) is 19.3 Å². The van der Waals surface area contributed by atoms with Crippen molar-refractivity contribution in [2.24, 2.45) is 5.73 Å². The molecule has 0 aliphatic rings. The summed E-state index contributed by atoms with van der Waals surface area (Å²) < 4.78 is 0. The van der Waals surface area contributed by atoms with Crippen molar-refractivity contribution in [1.29, 1.82) is 0 Å². The maximum Gasteiger partial charge on any atom is 0.0383 e. The summed E-state index contributed by atoms with van der Waals surface area (Å²) in [7, 11) is 1.92. The van der Waals surface area contributed by atoms with Crippen molar-refractivity contribution >= 4 is 5.69 Å². The van der Waals surface area contributed by atoms with Crippen LogP contribution < -0.4 is 11.1 Å². The number of benzene rings is 2. The van der Waals surface area contributed by atoms with Crippen LogP contribution >= 0.6 is 0 Å². The van der Waals surface area contributed by atoms with Crippen LogP contribution in [0.25, 0.3) is 11.1 Å². The van der Waals surface area contributed by atoms with Gasteiger partial charge in [0.05, 0.1) is 0 Å². The van der Waals surface area contributed by atoms with E-state index in [-0.39, 0.29) is 0 Å². The first-order valence-electron chi connectivity index (χ1n) is 6.38. The van der Waals surface area contributed by atoms with E-state index in [2.05, 4.69) is 54.7 Å². The Morgan fingerprint density at radius 2 is 1.67 bits per heavy atom. The van der Waals surface area contributed by atoms with Gasteiger partial charge >= 0.3 is 0 Å². The van der Waals surface area contributed by atoms with Gasteiger partial charge in [-0.3, -0.25) is 0 Å². The summed E-state index contributed by atoms with van der Waals surface area (Å²) in [6, 6.07) is 15.1. The first-order valence-corrected chi connectivity index (χ1v) is 6.38. The van der Waals surface area contributed by atoms with Gasteiger partial charge in [-0.2, -0.15) is 0 Å². The fourth-order valence-electron chi connectivity index (χ4n) is 2.12. The maximum absolute atomic E-state index is 5.78. The fraction of sp³-hybridized carbons (Fsp3) is 0.250. The third-order valence-corrected chi connectivity index (χ3v) is 3.29. The van der Waals surface area contributed by atoms with Gasteiger partial charge in [0.1, 0.15) is 0 Å². The van der Waals surface area contributed by atoms with E-state index in [9.17, 15) is 0 Å². The number of hydrogen-bond donors (Lipinski definition) is 2. The van der Waals surface area contributed by atoms with E-state index in [1.807, 2.05) is 7.05 Å². The van der Waals surface area contributed by atoms with Crippen molar-refractivity contribution in [2.45, 2.75) is 19.9 Å². The summed E-state index contributed by atoms with van der Waals surface area (Å²) in [5.74, 6) is 0. The van der Waals surface area contributed by atoms with Crippen LogP contribution in [0.5, 0.6) is 0 Å². The van der Waals surface area contributed by atoms with Crippen molar-refractivity contribution < 1.29 is 0 Å². The molecule has 94 valence electrons. The van der Waals surface area contributed by atoms with Gasteiger partial charge in [0.2, 0.25) is 0 Å². The molecule has 0 atom stereocenters. The highest BCUT2D eigenvalue weighted by Crippen LogP contribution is 2.25. The average molecular weight is 240 g/mol. The summed E-state index contributed by atoms with van der Waals surface area (Å²) in [5, 5.41) is 3.16. The Bertz CT molecular complexity index is 515. The highest BCUT2D eigenvalue weighted by atomic mass is 14.8. The second-order valence-electron chi connectivity index (χ2n) is 4.38. The minimum absolute atomic E-state index is 0.553. The second kappa shape index (κ2) is 5.69. The van der Waals surface area contributed by atoms with Gasteiger partial charge in [-0.15, -0.1) is 0 Å². The van der Waals surface area contributed by atoms with Gasteiger partial charge in [0.25, 0.3) is 0 Å². The number of rotatable bonds is 4. The van der Waals surface area contributed by atoms with Crippen LogP contribution in [-0.4, -0.2) is 7.05 Å².